The molecule has 1 amide bonds. The number of H-pyrrole nitrogens is 1. The minimum atomic E-state index is -0.109. The number of hydrogen-bond acceptors (Lipinski definition) is 5. The first-order valence-electron chi connectivity index (χ1n) is 9.12. The van der Waals surface area contributed by atoms with E-state index in [0.29, 0.717) is 30.2 Å². The van der Waals surface area contributed by atoms with Crippen LogP contribution in [-0.4, -0.2) is 34.6 Å². The first-order chi connectivity index (χ1) is 13.7. The third-order valence-electron chi connectivity index (χ3n) is 4.70. The molecule has 142 valence electrons. The van der Waals surface area contributed by atoms with Crippen molar-refractivity contribution in [2.24, 2.45) is 5.73 Å². The van der Waals surface area contributed by atoms with Gasteiger partial charge >= 0.3 is 0 Å². The lowest BCUT2D eigenvalue weighted by Gasteiger charge is -2.01. The summed E-state index contributed by atoms with van der Waals surface area (Å²) in [6.45, 7) is 0.598. The lowest BCUT2D eigenvalue weighted by molar-refractivity contribution is 0.0963. The predicted molar refractivity (Wildman–Crippen MR) is 107 cm³/mol. The van der Waals surface area contributed by atoms with Crippen LogP contribution in [0.1, 0.15) is 27.3 Å². The molecule has 0 spiro atoms. The van der Waals surface area contributed by atoms with Crippen molar-refractivity contribution < 1.29 is 9.32 Å². The summed E-state index contributed by atoms with van der Waals surface area (Å²) in [6.07, 6.45) is 3.33. The second kappa shape index (κ2) is 7.66. The molecule has 2 aromatic carbocycles. The number of nitrogens with one attached hydrogen (secondary N) is 2. The van der Waals surface area contributed by atoms with Gasteiger partial charge in [0.15, 0.2) is 5.82 Å². The van der Waals surface area contributed by atoms with Crippen molar-refractivity contribution >= 4 is 16.8 Å². The van der Waals surface area contributed by atoms with Crippen LogP contribution in [0.3, 0.4) is 0 Å². The number of aromatic nitrogens is 3. The Morgan fingerprint density at radius 2 is 2.04 bits per heavy atom. The molecular formula is C21H21N5O2. The van der Waals surface area contributed by atoms with E-state index in [-0.39, 0.29) is 5.91 Å². The maximum Gasteiger partial charge on any atom is 0.257 e. The van der Waals surface area contributed by atoms with Gasteiger partial charge in [-0.05, 0) is 54.4 Å². The van der Waals surface area contributed by atoms with Gasteiger partial charge in [0.25, 0.3) is 11.8 Å². The smallest absolute Gasteiger partial charge is 0.257 e. The Hall–Kier alpha value is -3.45. The average Bonchev–Trinajstić information content (AvgIpc) is 3.35. The summed E-state index contributed by atoms with van der Waals surface area (Å²) in [4.78, 5) is 19.4. The molecule has 28 heavy (non-hydrogen) atoms. The van der Waals surface area contributed by atoms with E-state index < -0.39 is 0 Å². The zero-order chi connectivity index (χ0) is 19.5. The molecule has 7 heteroatoms. The van der Waals surface area contributed by atoms with E-state index >= 15 is 0 Å². The standard InChI is InChI=1S/C21H21N5O2/c1-23-20(27)14-4-2-13(3-5-14)10-19-25-21(28-26-19)15-6-7-18-17(11-15)16(8-9-22)12-24-18/h2-7,11-12,24H,8-10,22H2,1H3,(H,23,27). The molecule has 0 aliphatic carbocycles. The predicted octanol–water partition coefficient (Wildman–Crippen LogP) is 2.67. The van der Waals surface area contributed by atoms with Gasteiger partial charge in [-0.15, -0.1) is 0 Å². The van der Waals surface area contributed by atoms with Crippen molar-refractivity contribution in [3.63, 3.8) is 0 Å². The van der Waals surface area contributed by atoms with E-state index in [4.69, 9.17) is 10.3 Å². The van der Waals surface area contributed by atoms with Gasteiger partial charge in [-0.2, -0.15) is 4.98 Å². The number of aromatic amines is 1. The number of benzene rings is 2. The van der Waals surface area contributed by atoms with Crippen LogP contribution in [0, 0.1) is 0 Å². The maximum atomic E-state index is 11.6. The van der Waals surface area contributed by atoms with Gasteiger partial charge in [-0.25, -0.2) is 0 Å². The second-order valence-corrected chi connectivity index (χ2v) is 6.58. The van der Waals surface area contributed by atoms with Gasteiger partial charge in [-0.3, -0.25) is 4.79 Å². The number of carbonyl (C=O) groups is 1. The minimum absolute atomic E-state index is 0.109. The highest BCUT2D eigenvalue weighted by molar-refractivity contribution is 5.94. The van der Waals surface area contributed by atoms with Gasteiger partial charge in [0.1, 0.15) is 0 Å². The molecule has 0 atom stereocenters. The molecule has 0 saturated carbocycles. The van der Waals surface area contributed by atoms with Gasteiger partial charge < -0.3 is 20.6 Å². The summed E-state index contributed by atoms with van der Waals surface area (Å²) in [5.41, 5.74) is 10.4. The summed E-state index contributed by atoms with van der Waals surface area (Å²) in [5, 5.41) is 7.82. The molecule has 4 aromatic rings. The van der Waals surface area contributed by atoms with Gasteiger partial charge in [0.05, 0.1) is 0 Å². The quantitative estimate of drug-likeness (QED) is 0.480. The third kappa shape index (κ3) is 3.52. The lowest BCUT2D eigenvalue weighted by atomic mass is 10.1. The number of fused-ring (bicyclic) bond motifs is 1. The van der Waals surface area contributed by atoms with Gasteiger partial charge in [0, 0.05) is 41.7 Å². The van der Waals surface area contributed by atoms with E-state index in [9.17, 15) is 4.79 Å². The number of amides is 1. The highest BCUT2D eigenvalue weighted by atomic mass is 16.5. The van der Waals surface area contributed by atoms with Crippen LogP contribution in [0.15, 0.2) is 53.2 Å². The monoisotopic (exact) mass is 375 g/mol. The Labute approximate surface area is 161 Å². The van der Waals surface area contributed by atoms with Gasteiger partial charge in [0.2, 0.25) is 0 Å². The molecule has 4 rings (SSSR count). The SMILES string of the molecule is CNC(=O)c1ccc(Cc2noc(-c3ccc4[nH]cc(CCN)c4c3)n2)cc1. The number of hydrogen-bond donors (Lipinski definition) is 3. The van der Waals surface area contributed by atoms with Crippen LogP contribution < -0.4 is 11.1 Å². The van der Waals surface area contributed by atoms with Crippen molar-refractivity contribution in [2.75, 3.05) is 13.6 Å². The number of carbonyl (C=O) groups excluding carboxylic acids is 1. The molecule has 4 N–H and O–H groups in total. The summed E-state index contributed by atoms with van der Waals surface area (Å²) >= 11 is 0. The zero-order valence-corrected chi connectivity index (χ0v) is 15.5. The highest BCUT2D eigenvalue weighted by Crippen LogP contribution is 2.26. The maximum absolute atomic E-state index is 11.6. The van der Waals surface area contributed by atoms with Crippen molar-refractivity contribution in [3.05, 3.63) is 71.2 Å². The lowest BCUT2D eigenvalue weighted by Crippen LogP contribution is -2.17. The normalized spacial score (nSPS) is 11.1. The fourth-order valence-corrected chi connectivity index (χ4v) is 3.22. The first kappa shape index (κ1) is 17.9. The summed E-state index contributed by atoms with van der Waals surface area (Å²) in [5.74, 6) is 0.973. The Bertz CT molecular complexity index is 1110. The Balaban J connectivity index is 1.55. The van der Waals surface area contributed by atoms with Crippen molar-refractivity contribution in [3.8, 4) is 11.5 Å². The summed E-state index contributed by atoms with van der Waals surface area (Å²) in [6, 6.07) is 13.4. The fraction of sp³-hybridized carbons (Fsp3) is 0.190. The molecule has 2 heterocycles. The zero-order valence-electron chi connectivity index (χ0n) is 15.5. The van der Waals surface area contributed by atoms with Crippen LogP contribution in [0.25, 0.3) is 22.4 Å². The number of rotatable bonds is 6. The highest BCUT2D eigenvalue weighted by Gasteiger charge is 2.12. The summed E-state index contributed by atoms with van der Waals surface area (Å²) < 4.78 is 5.47. The van der Waals surface area contributed by atoms with E-state index in [2.05, 4.69) is 20.4 Å². The molecule has 0 fully saturated rings. The third-order valence-corrected chi connectivity index (χ3v) is 4.70. The molecule has 0 radical (unpaired) electrons. The molecule has 0 aliphatic rings. The molecule has 0 saturated heterocycles. The van der Waals surface area contributed by atoms with E-state index in [1.807, 2.05) is 36.5 Å². The van der Waals surface area contributed by atoms with Crippen molar-refractivity contribution in [1.29, 1.82) is 0 Å². The van der Waals surface area contributed by atoms with E-state index in [1.54, 1.807) is 19.2 Å². The molecule has 0 aliphatic heterocycles. The Kier molecular flexibility index (Phi) is 4.90. The first-order valence-corrected chi connectivity index (χ1v) is 9.12. The molecular weight excluding hydrogens is 354 g/mol. The Morgan fingerprint density at radius 3 is 2.79 bits per heavy atom. The second-order valence-electron chi connectivity index (χ2n) is 6.58. The van der Waals surface area contributed by atoms with E-state index in [0.717, 1.165) is 28.5 Å². The molecule has 0 unspecified atom stereocenters. The Morgan fingerprint density at radius 1 is 1.21 bits per heavy atom. The van der Waals surface area contributed by atoms with E-state index in [1.165, 1.54) is 5.56 Å². The minimum Gasteiger partial charge on any atom is -0.361 e. The fourth-order valence-electron chi connectivity index (χ4n) is 3.22. The number of nitrogens with zero attached hydrogens (tertiary/aromatic N) is 2. The van der Waals surface area contributed by atoms with Crippen LogP contribution >= 0.6 is 0 Å². The van der Waals surface area contributed by atoms with Crippen molar-refractivity contribution in [1.82, 2.24) is 20.4 Å². The van der Waals surface area contributed by atoms with Crippen LogP contribution in [0.5, 0.6) is 0 Å². The average molecular weight is 375 g/mol. The van der Waals surface area contributed by atoms with Crippen LogP contribution in [-0.2, 0) is 12.8 Å². The van der Waals surface area contributed by atoms with Gasteiger partial charge in [-0.1, -0.05) is 17.3 Å². The molecule has 0 bridgehead atoms. The van der Waals surface area contributed by atoms with Crippen molar-refractivity contribution in [2.45, 2.75) is 12.8 Å². The van der Waals surface area contributed by atoms with Crippen LogP contribution in [0.2, 0.25) is 0 Å². The topological polar surface area (TPSA) is 110 Å². The number of nitrogens with two attached hydrogens (primary N) is 1. The van der Waals surface area contributed by atoms with Crippen LogP contribution in [0.4, 0.5) is 0 Å². The molecule has 2 aromatic heterocycles. The summed E-state index contributed by atoms with van der Waals surface area (Å²) in [7, 11) is 1.61. The molecule has 7 nitrogen and oxygen atoms in total. The largest absolute Gasteiger partial charge is 0.361 e.